The molecule has 0 spiro atoms. The summed E-state index contributed by atoms with van der Waals surface area (Å²) in [7, 11) is -4.01. The van der Waals surface area contributed by atoms with Gasteiger partial charge in [0.25, 0.3) is 0 Å². The molecule has 0 bridgehead atoms. The van der Waals surface area contributed by atoms with Gasteiger partial charge in [0, 0.05) is 0 Å². The van der Waals surface area contributed by atoms with E-state index in [1.165, 1.54) is 17.0 Å². The van der Waals surface area contributed by atoms with Gasteiger partial charge in [0.15, 0.2) is 0 Å². The molecule has 1 atom stereocenters. The summed E-state index contributed by atoms with van der Waals surface area (Å²) in [6, 6.07) is 0. The van der Waals surface area contributed by atoms with Gasteiger partial charge in [-0.2, -0.15) is 0 Å². The first kappa shape index (κ1) is 30.7. The number of aliphatic carboxylic acids is 2. The van der Waals surface area contributed by atoms with E-state index in [9.17, 15) is 28.2 Å². The van der Waals surface area contributed by atoms with Crippen LogP contribution in [0.15, 0.2) is 44.9 Å². The first-order valence-corrected chi connectivity index (χ1v) is 17.3. The Morgan fingerprint density at radius 1 is 0.947 bits per heavy atom. The molecule has 0 aliphatic carbocycles. The van der Waals surface area contributed by atoms with E-state index < -0.39 is 22.1 Å². The molecule has 0 radical (unpaired) electrons. The van der Waals surface area contributed by atoms with Gasteiger partial charge < -0.3 is 0 Å². The van der Waals surface area contributed by atoms with E-state index >= 15 is 0 Å². The first-order valence-electron chi connectivity index (χ1n) is 13.2. The topological polar surface area (TPSA) is 135 Å². The predicted octanol–water partition coefficient (Wildman–Crippen LogP) is 0.727. The summed E-state index contributed by atoms with van der Waals surface area (Å²) in [5, 5.41) is 18.9. The van der Waals surface area contributed by atoms with Crippen molar-refractivity contribution in [1.29, 1.82) is 0 Å². The molecule has 0 amide bonds. The number of carboxylic acids is 2. The van der Waals surface area contributed by atoms with Crippen molar-refractivity contribution in [3.05, 3.63) is 44.9 Å². The van der Waals surface area contributed by atoms with Crippen molar-refractivity contribution >= 4 is 22.1 Å². The average molecular weight is 664 g/mol. The van der Waals surface area contributed by atoms with Crippen molar-refractivity contribution in [3.63, 3.8) is 0 Å². The van der Waals surface area contributed by atoms with Gasteiger partial charge >= 0.3 is 237 Å². The second kappa shape index (κ2) is 14.0. The average Bonchev–Trinajstić information content (AvgIpc) is 2.86. The fourth-order valence-corrected chi connectivity index (χ4v) is 8.66. The van der Waals surface area contributed by atoms with Crippen molar-refractivity contribution in [2.75, 3.05) is 31.9 Å². The Kier molecular flexibility index (Phi) is 11.3. The molecule has 2 saturated heterocycles. The molecule has 3 N–H and O–H groups in total. The van der Waals surface area contributed by atoms with Crippen LogP contribution in [0.2, 0.25) is 0 Å². The van der Waals surface area contributed by atoms with Gasteiger partial charge in [0.05, 0.1) is 0 Å². The summed E-state index contributed by atoms with van der Waals surface area (Å²) in [4.78, 5) is 27.7. The van der Waals surface area contributed by atoms with Crippen LogP contribution in [-0.4, -0.2) is 80.8 Å². The van der Waals surface area contributed by atoms with E-state index in [1.54, 1.807) is 6.92 Å². The minimum absolute atomic E-state index is 0.252. The Hall–Kier alpha value is -1.86. The number of halogens is 1. The van der Waals surface area contributed by atoms with Crippen LogP contribution in [-0.2, 0) is 19.7 Å². The number of hydrogen-bond donors (Lipinski definition) is 3. The van der Waals surface area contributed by atoms with Crippen LogP contribution in [0.4, 0.5) is 0 Å². The maximum atomic E-state index is 11.5. The number of alkyl halides is 1. The van der Waals surface area contributed by atoms with E-state index in [1.807, 2.05) is 6.08 Å². The van der Waals surface area contributed by atoms with Crippen LogP contribution < -0.4 is 21.2 Å². The summed E-state index contributed by atoms with van der Waals surface area (Å²) in [6.07, 6.45) is 11.3. The molecular weight excluding hydrogens is 623 g/mol. The molecular formula is C27H40IN2O7S-. The van der Waals surface area contributed by atoms with Gasteiger partial charge in [-0.1, -0.05) is 0 Å². The minimum atomic E-state index is -4.01. The molecule has 0 aromatic heterocycles. The molecule has 3 rings (SSSR count). The molecule has 214 valence electrons. The van der Waals surface area contributed by atoms with Crippen molar-refractivity contribution in [2.24, 2.45) is 11.8 Å². The number of piperidine rings is 2. The number of carbonyl (C=O) groups is 2. The Morgan fingerprint density at radius 3 is 2.03 bits per heavy atom. The monoisotopic (exact) mass is 663 g/mol. The van der Waals surface area contributed by atoms with E-state index in [2.05, 4.69) is 33.0 Å². The standard InChI is InChI=1S/C27H40IN2O7S/c1-19(4-3-5-20(2)18-38(35,36)37)6-7-23-25(30-16-11-22(12-17-30)27(33)34)24(8-13-28-23)29-14-9-21(10-15-29)26(31)32/h5-6,8,13,21-23H,3-4,7,9-12,14-18H2,1-2H3,(H,31,32)(H,33,34)(H,35,36,37)/q-1/b19-6-,20-5?. The summed E-state index contributed by atoms with van der Waals surface area (Å²) >= 11 is -0.252. The fourth-order valence-electron chi connectivity index (χ4n) is 5.31. The normalized spacial score (nSPS) is 23.0. The zero-order chi connectivity index (χ0) is 27.9. The molecule has 0 aromatic carbocycles. The Balaban J connectivity index is 1.74. The Morgan fingerprint density at radius 2 is 1.50 bits per heavy atom. The third kappa shape index (κ3) is 9.11. The molecule has 0 aromatic rings. The third-order valence-corrected chi connectivity index (χ3v) is 11.1. The van der Waals surface area contributed by atoms with Crippen LogP contribution in [0.1, 0.15) is 58.8 Å². The zero-order valence-corrected chi connectivity index (χ0v) is 25.2. The number of likely N-dealkylation sites (tertiary alicyclic amines) is 2. The molecule has 3 aliphatic rings. The second-order valence-corrected chi connectivity index (χ2v) is 14.9. The van der Waals surface area contributed by atoms with Gasteiger partial charge in [-0.25, -0.2) is 0 Å². The summed E-state index contributed by atoms with van der Waals surface area (Å²) in [6.45, 7) is 6.65. The van der Waals surface area contributed by atoms with Crippen LogP contribution in [0.25, 0.3) is 0 Å². The SMILES string of the molecule is CC(=CCC/C(C)=C\CC1[I-]C=CC(N2CCC(C(=O)O)CC2)=C1N1CCC(C(=O)O)CC1)CS(=O)(=O)O. The Bertz CT molecular complexity index is 1100. The Labute approximate surface area is 236 Å². The van der Waals surface area contributed by atoms with Crippen molar-refractivity contribution in [2.45, 2.75) is 62.7 Å². The molecule has 2 fully saturated rings. The number of rotatable bonds is 11. The maximum absolute atomic E-state index is 11.5. The molecule has 38 heavy (non-hydrogen) atoms. The van der Waals surface area contributed by atoms with Crippen molar-refractivity contribution in [3.8, 4) is 0 Å². The third-order valence-electron chi connectivity index (χ3n) is 7.49. The molecule has 11 heteroatoms. The van der Waals surface area contributed by atoms with E-state index in [4.69, 9.17) is 4.55 Å². The van der Waals surface area contributed by atoms with Gasteiger partial charge in [-0.3, -0.25) is 0 Å². The van der Waals surface area contributed by atoms with Gasteiger partial charge in [0.2, 0.25) is 0 Å². The molecule has 9 nitrogen and oxygen atoms in total. The molecule has 3 heterocycles. The summed E-state index contributed by atoms with van der Waals surface area (Å²) in [5.74, 6) is -2.37. The van der Waals surface area contributed by atoms with Gasteiger partial charge in [-0.05, 0) is 0 Å². The van der Waals surface area contributed by atoms with Crippen LogP contribution in [0.5, 0.6) is 0 Å². The summed E-state index contributed by atoms with van der Waals surface area (Å²) in [5.41, 5.74) is 4.33. The number of allylic oxidation sites excluding steroid dienone is 5. The van der Waals surface area contributed by atoms with Crippen LogP contribution in [0, 0.1) is 11.8 Å². The fraction of sp³-hybridized carbons (Fsp3) is 0.630. The van der Waals surface area contributed by atoms with E-state index in [-0.39, 0.29) is 38.8 Å². The number of hydrogen-bond acceptors (Lipinski definition) is 6. The predicted molar refractivity (Wildman–Crippen MR) is 142 cm³/mol. The van der Waals surface area contributed by atoms with Crippen molar-refractivity contribution < 1.29 is 54.0 Å². The van der Waals surface area contributed by atoms with E-state index in [0.717, 1.165) is 25.9 Å². The number of nitrogens with zero attached hydrogens (tertiary/aromatic N) is 2. The molecule has 1 unspecified atom stereocenters. The first-order chi connectivity index (χ1) is 17.9. The van der Waals surface area contributed by atoms with Gasteiger partial charge in [-0.15, -0.1) is 0 Å². The number of carboxylic acid groups (broad SMARTS) is 2. The quantitative estimate of drug-likeness (QED) is 0.127. The van der Waals surface area contributed by atoms with Crippen molar-refractivity contribution in [1.82, 2.24) is 9.80 Å². The zero-order valence-electron chi connectivity index (χ0n) is 22.2. The molecule has 0 saturated carbocycles. The molecule has 3 aliphatic heterocycles. The summed E-state index contributed by atoms with van der Waals surface area (Å²) < 4.78 is 33.8. The van der Waals surface area contributed by atoms with E-state index in [0.29, 0.717) is 54.7 Å². The second-order valence-electron chi connectivity index (χ2n) is 10.5. The van der Waals surface area contributed by atoms with Gasteiger partial charge in [0.1, 0.15) is 0 Å². The van der Waals surface area contributed by atoms with Crippen LogP contribution in [0.3, 0.4) is 0 Å². The van der Waals surface area contributed by atoms with Crippen LogP contribution >= 0.6 is 0 Å².